The Balaban J connectivity index is 2.21. The molecule has 1 aromatic carbocycles. The number of amides is 1. The third-order valence-corrected chi connectivity index (χ3v) is 3.46. The van der Waals surface area contributed by atoms with Crippen LogP contribution in [0.4, 0.5) is 0 Å². The molecule has 1 aliphatic rings. The number of hydrogen-bond donors (Lipinski definition) is 1. The summed E-state index contributed by atoms with van der Waals surface area (Å²) in [5.74, 6) is -0.632. The summed E-state index contributed by atoms with van der Waals surface area (Å²) in [6, 6.07) is 7.01. The largest absolute Gasteiger partial charge is 0.345 e. The van der Waals surface area contributed by atoms with Crippen LogP contribution in [-0.2, 0) is 0 Å². The fraction of sp³-hybridized carbons (Fsp3) is 0.533. The molecule has 2 unspecified atom stereocenters. The summed E-state index contributed by atoms with van der Waals surface area (Å²) >= 11 is 0. The number of benzene rings is 1. The van der Waals surface area contributed by atoms with Gasteiger partial charge in [0.15, 0.2) is 0 Å². The molecule has 2 atom stereocenters. The van der Waals surface area contributed by atoms with E-state index in [0.29, 0.717) is 12.0 Å². The van der Waals surface area contributed by atoms with Gasteiger partial charge < -0.3 is 10.2 Å². The molecule has 2 rings (SSSR count). The lowest BCUT2D eigenvalue weighted by Crippen LogP contribution is -2.34. The molecule has 1 N–H and O–H groups in total. The molecule has 3 heteroatoms. The molecule has 1 amide bonds. The Morgan fingerprint density at radius 3 is 2.72 bits per heavy atom. The number of piperidine rings is 1. The van der Waals surface area contributed by atoms with Crippen molar-refractivity contribution in [3.8, 4) is 0 Å². The Hall–Kier alpha value is -1.35. The molecule has 18 heavy (non-hydrogen) atoms. The van der Waals surface area contributed by atoms with Crippen LogP contribution in [0.25, 0.3) is 0 Å². The molecule has 1 aliphatic heterocycles. The van der Waals surface area contributed by atoms with Gasteiger partial charge in [0.25, 0.3) is 5.91 Å². The van der Waals surface area contributed by atoms with Gasteiger partial charge >= 0.3 is 0 Å². The molecule has 1 saturated heterocycles. The van der Waals surface area contributed by atoms with Crippen LogP contribution in [-0.4, -0.2) is 37.3 Å². The van der Waals surface area contributed by atoms with Crippen molar-refractivity contribution in [2.24, 2.45) is 0 Å². The molecule has 0 aliphatic carbocycles. The summed E-state index contributed by atoms with van der Waals surface area (Å²) in [4.78, 5) is 12.4. The van der Waals surface area contributed by atoms with Gasteiger partial charge in [-0.15, -0.1) is 0 Å². The van der Waals surface area contributed by atoms with Crippen molar-refractivity contribution in [3.63, 3.8) is 0 Å². The van der Waals surface area contributed by atoms with Gasteiger partial charge in [0.05, 0.1) is 0 Å². The van der Waals surface area contributed by atoms with Crippen molar-refractivity contribution in [2.75, 3.05) is 20.5 Å². The molecule has 0 spiro atoms. The van der Waals surface area contributed by atoms with Crippen molar-refractivity contribution in [2.45, 2.75) is 31.7 Å². The number of hydrogen-bond acceptors (Lipinski definition) is 2. The van der Waals surface area contributed by atoms with Gasteiger partial charge in [-0.25, -0.2) is 0 Å². The van der Waals surface area contributed by atoms with Gasteiger partial charge in [0.1, 0.15) is 0 Å². The number of nitrogens with zero attached hydrogens (tertiary/aromatic N) is 1. The molecule has 0 saturated carbocycles. The maximum Gasteiger partial charge on any atom is 0.253 e. The number of carbonyl (C=O) groups is 1. The quantitative estimate of drug-likeness (QED) is 0.875. The topological polar surface area (TPSA) is 32.3 Å². The Bertz CT molecular complexity index is 567. The Morgan fingerprint density at radius 1 is 1.39 bits per heavy atom. The maximum atomic E-state index is 12.4. The van der Waals surface area contributed by atoms with Crippen LogP contribution < -0.4 is 5.32 Å². The lowest BCUT2D eigenvalue weighted by Gasteiger charge is -2.28. The normalized spacial score (nSPS) is 30.1. The summed E-state index contributed by atoms with van der Waals surface area (Å²) in [6.45, 7) is -3.00. The lowest BCUT2D eigenvalue weighted by molar-refractivity contribution is 0.0827. The smallest absolute Gasteiger partial charge is 0.253 e. The van der Waals surface area contributed by atoms with Crippen LogP contribution in [0.1, 0.15) is 49.8 Å². The van der Waals surface area contributed by atoms with Gasteiger partial charge in [-0.1, -0.05) is 12.1 Å². The zero-order valence-corrected chi connectivity index (χ0v) is 10.4. The number of carbonyl (C=O) groups excluding carboxylic acids is 1. The highest BCUT2D eigenvalue weighted by atomic mass is 16.2. The minimum absolute atomic E-state index is 0.0123. The van der Waals surface area contributed by atoms with E-state index in [2.05, 4.69) is 12.2 Å². The van der Waals surface area contributed by atoms with E-state index in [1.807, 2.05) is 0 Å². The van der Waals surface area contributed by atoms with E-state index in [4.69, 9.17) is 8.22 Å². The number of rotatable bonds is 2. The zero-order chi connectivity index (χ0) is 18.1. The highest BCUT2D eigenvalue weighted by Gasteiger charge is 2.20. The Morgan fingerprint density at radius 2 is 2.11 bits per heavy atom. The molecule has 1 fully saturated rings. The summed E-state index contributed by atoms with van der Waals surface area (Å²) < 4.78 is 43.9. The zero-order valence-electron chi connectivity index (χ0n) is 16.4. The number of nitrogens with one attached hydrogen (secondary N) is 1. The molecule has 0 bridgehead atoms. The van der Waals surface area contributed by atoms with E-state index in [9.17, 15) is 4.79 Å². The van der Waals surface area contributed by atoms with Crippen molar-refractivity contribution in [3.05, 3.63) is 35.4 Å². The molecule has 1 heterocycles. The maximum absolute atomic E-state index is 12.4. The van der Waals surface area contributed by atoms with Crippen molar-refractivity contribution in [1.82, 2.24) is 10.2 Å². The Kier molecular flexibility index (Phi) is 2.24. The Labute approximate surface area is 118 Å². The van der Waals surface area contributed by atoms with E-state index < -0.39 is 19.9 Å². The first-order chi connectivity index (χ1) is 11.0. The fourth-order valence-electron chi connectivity index (χ4n) is 2.46. The molecule has 0 radical (unpaired) electrons. The molecular formula is C15H22N2O. The van der Waals surface area contributed by atoms with E-state index in [-0.39, 0.29) is 10.5 Å². The molecule has 0 aromatic heterocycles. The average Bonchev–Trinajstić information content (AvgIpc) is 2.44. The van der Waals surface area contributed by atoms with Gasteiger partial charge in [0, 0.05) is 33.8 Å². The summed E-state index contributed by atoms with van der Waals surface area (Å²) in [5, 5.41) is 3.37. The lowest BCUT2D eigenvalue weighted by atomic mass is 9.86. The van der Waals surface area contributed by atoms with Crippen molar-refractivity contribution in [1.29, 1.82) is 0 Å². The van der Waals surface area contributed by atoms with Gasteiger partial charge in [0.2, 0.25) is 0 Å². The van der Waals surface area contributed by atoms with E-state index in [1.54, 1.807) is 12.1 Å². The van der Waals surface area contributed by atoms with Gasteiger partial charge in [-0.05, 0) is 49.9 Å². The van der Waals surface area contributed by atoms with E-state index in [0.717, 1.165) is 24.9 Å². The third kappa shape index (κ3) is 2.91. The van der Waals surface area contributed by atoms with E-state index >= 15 is 0 Å². The van der Waals surface area contributed by atoms with Gasteiger partial charge in [-0.3, -0.25) is 4.79 Å². The van der Waals surface area contributed by atoms with E-state index in [1.165, 1.54) is 12.1 Å². The first-order valence-electron chi connectivity index (χ1n) is 9.18. The fourth-order valence-corrected chi connectivity index (χ4v) is 2.46. The first-order valence-corrected chi connectivity index (χ1v) is 6.18. The second-order valence-electron chi connectivity index (χ2n) is 4.84. The highest BCUT2D eigenvalue weighted by Crippen LogP contribution is 2.27. The van der Waals surface area contributed by atoms with Crippen LogP contribution in [0.5, 0.6) is 0 Å². The second-order valence-corrected chi connectivity index (χ2v) is 4.84. The summed E-state index contributed by atoms with van der Waals surface area (Å²) in [6.07, 6.45) is 1.98. The van der Waals surface area contributed by atoms with Crippen LogP contribution in [0.3, 0.4) is 0 Å². The summed E-state index contributed by atoms with van der Waals surface area (Å²) in [7, 11) is 0. The standard InChI is InChI=1S/C15H22N2O/c1-11-10-14(8-9-16-11)12-4-6-13(7-5-12)15(18)17(2)3/h4-7,11,14,16H,8-10H2,1-3H3/i2D3,3D3. The van der Waals surface area contributed by atoms with Crippen LogP contribution >= 0.6 is 0 Å². The third-order valence-electron chi connectivity index (χ3n) is 3.46. The second kappa shape index (κ2) is 5.53. The predicted molar refractivity (Wildman–Crippen MR) is 73.9 cm³/mol. The average molecular weight is 252 g/mol. The van der Waals surface area contributed by atoms with Crippen molar-refractivity contribution >= 4 is 5.91 Å². The summed E-state index contributed by atoms with van der Waals surface area (Å²) in [5.41, 5.74) is 1.14. The minimum atomic E-state index is -3.02. The van der Waals surface area contributed by atoms with Crippen molar-refractivity contribution < 1.29 is 13.0 Å². The minimum Gasteiger partial charge on any atom is -0.345 e. The highest BCUT2D eigenvalue weighted by molar-refractivity contribution is 5.93. The molecule has 1 aromatic rings. The SMILES string of the molecule is [2H]C([2H])([2H])N(C(=O)c1ccc(C2CCNC(C)C2)cc1)C([2H])([2H])[2H]. The predicted octanol–water partition coefficient (Wildman–Crippen LogP) is 2.24. The van der Waals surface area contributed by atoms with Crippen LogP contribution in [0, 0.1) is 0 Å². The van der Waals surface area contributed by atoms with Crippen LogP contribution in [0.2, 0.25) is 0 Å². The molecule has 3 nitrogen and oxygen atoms in total. The monoisotopic (exact) mass is 252 g/mol. The first kappa shape index (κ1) is 7.29. The molecular weight excluding hydrogens is 224 g/mol. The molecule has 98 valence electrons. The van der Waals surface area contributed by atoms with Crippen LogP contribution in [0.15, 0.2) is 24.3 Å². The van der Waals surface area contributed by atoms with Gasteiger partial charge in [-0.2, -0.15) is 0 Å².